The summed E-state index contributed by atoms with van der Waals surface area (Å²) in [6, 6.07) is 15.5. The van der Waals surface area contributed by atoms with Gasteiger partial charge >= 0.3 is 6.03 Å². The lowest BCUT2D eigenvalue weighted by atomic mass is 10.2. The van der Waals surface area contributed by atoms with E-state index in [0.29, 0.717) is 5.75 Å². The molecule has 0 saturated carbocycles. The van der Waals surface area contributed by atoms with E-state index in [0.717, 1.165) is 37.6 Å². The summed E-state index contributed by atoms with van der Waals surface area (Å²) in [4.78, 5) is 19.9. The molecule has 3 rings (SSSR count). The van der Waals surface area contributed by atoms with Crippen LogP contribution in [0.15, 0.2) is 48.5 Å². The monoisotopic (exact) mass is 354 g/mol. The van der Waals surface area contributed by atoms with Crippen molar-refractivity contribution in [3.63, 3.8) is 0 Å². The molecule has 2 aromatic rings. The first-order chi connectivity index (χ1) is 12.5. The van der Waals surface area contributed by atoms with Crippen molar-refractivity contribution in [2.75, 3.05) is 62.0 Å². The van der Waals surface area contributed by atoms with Gasteiger partial charge in [0, 0.05) is 64.4 Å². The smallest absolute Gasteiger partial charge is 0.323 e. The van der Waals surface area contributed by atoms with Crippen molar-refractivity contribution in [3.05, 3.63) is 48.5 Å². The molecule has 1 N–H and O–H groups in total. The van der Waals surface area contributed by atoms with Crippen molar-refractivity contribution in [3.8, 4) is 5.75 Å². The number of anilines is 3. The van der Waals surface area contributed by atoms with Crippen LogP contribution in [-0.2, 0) is 0 Å². The van der Waals surface area contributed by atoms with E-state index in [-0.39, 0.29) is 6.03 Å². The van der Waals surface area contributed by atoms with Gasteiger partial charge in [0.25, 0.3) is 0 Å². The molecule has 0 spiro atoms. The summed E-state index contributed by atoms with van der Waals surface area (Å²) in [5, 5.41) is 9.42. The number of nitrogens with zero attached hydrogens (tertiary/aromatic N) is 4. The molecule has 1 fully saturated rings. The maximum absolute atomic E-state index is 12.0. The lowest BCUT2D eigenvalue weighted by Crippen LogP contribution is -2.46. The number of phenolic OH excluding ortho intramolecular Hbond substituents is 1. The van der Waals surface area contributed by atoms with Crippen molar-refractivity contribution in [1.29, 1.82) is 0 Å². The summed E-state index contributed by atoms with van der Waals surface area (Å²) >= 11 is 0. The number of carbonyl (C=O) groups excluding carboxylic acids is 1. The summed E-state index contributed by atoms with van der Waals surface area (Å²) in [6.07, 6.45) is 0. The Labute approximate surface area is 154 Å². The minimum atomic E-state index is -0.0414. The van der Waals surface area contributed by atoms with Crippen LogP contribution in [-0.4, -0.2) is 63.4 Å². The van der Waals surface area contributed by atoms with Crippen LogP contribution in [0.25, 0.3) is 0 Å². The van der Waals surface area contributed by atoms with E-state index in [4.69, 9.17) is 0 Å². The number of urea groups is 1. The minimum Gasteiger partial charge on any atom is -0.508 e. The maximum atomic E-state index is 12.0. The molecular weight excluding hydrogens is 328 g/mol. The van der Waals surface area contributed by atoms with Gasteiger partial charge in [-0.05, 0) is 48.5 Å². The molecule has 0 radical (unpaired) electrons. The largest absolute Gasteiger partial charge is 0.508 e. The lowest BCUT2D eigenvalue weighted by molar-refractivity contribution is 0.225. The van der Waals surface area contributed by atoms with Gasteiger partial charge in [0.2, 0.25) is 0 Å². The van der Waals surface area contributed by atoms with Crippen LogP contribution in [0.5, 0.6) is 5.75 Å². The van der Waals surface area contributed by atoms with Crippen LogP contribution in [0.2, 0.25) is 0 Å². The van der Waals surface area contributed by atoms with Gasteiger partial charge in [-0.1, -0.05) is 0 Å². The van der Waals surface area contributed by atoms with Crippen LogP contribution in [0.3, 0.4) is 0 Å². The average Bonchev–Trinajstić information content (AvgIpc) is 2.67. The fourth-order valence-electron chi connectivity index (χ4n) is 3.18. The van der Waals surface area contributed by atoms with Gasteiger partial charge in [-0.3, -0.25) is 4.90 Å². The second-order valence-electron chi connectivity index (χ2n) is 6.74. The highest BCUT2D eigenvalue weighted by Crippen LogP contribution is 2.24. The predicted octanol–water partition coefficient (Wildman–Crippen LogP) is 2.84. The molecule has 2 aromatic carbocycles. The van der Waals surface area contributed by atoms with Crippen LogP contribution in [0, 0.1) is 0 Å². The molecule has 0 aliphatic carbocycles. The number of phenols is 1. The van der Waals surface area contributed by atoms with Gasteiger partial charge in [0.1, 0.15) is 5.75 Å². The van der Waals surface area contributed by atoms with Crippen molar-refractivity contribution < 1.29 is 9.90 Å². The van der Waals surface area contributed by atoms with Crippen molar-refractivity contribution in [1.82, 2.24) is 4.90 Å². The first-order valence-electron chi connectivity index (χ1n) is 8.80. The van der Waals surface area contributed by atoms with Gasteiger partial charge in [-0.15, -0.1) is 0 Å². The van der Waals surface area contributed by atoms with Crippen molar-refractivity contribution in [2.45, 2.75) is 0 Å². The second kappa shape index (κ2) is 7.56. The van der Waals surface area contributed by atoms with Crippen LogP contribution in [0.1, 0.15) is 0 Å². The van der Waals surface area contributed by atoms with Gasteiger partial charge in [0.15, 0.2) is 0 Å². The molecule has 26 heavy (non-hydrogen) atoms. The average molecular weight is 354 g/mol. The summed E-state index contributed by atoms with van der Waals surface area (Å²) < 4.78 is 0. The van der Waals surface area contributed by atoms with Crippen molar-refractivity contribution in [2.24, 2.45) is 0 Å². The highest BCUT2D eigenvalue weighted by atomic mass is 16.3. The van der Waals surface area contributed by atoms with Gasteiger partial charge < -0.3 is 19.8 Å². The molecule has 0 atom stereocenters. The molecule has 2 amide bonds. The summed E-state index contributed by atoms with van der Waals surface area (Å²) in [5.41, 5.74) is 3.20. The SMILES string of the molecule is CN(C)C(=O)N(C)c1ccc(N2CCN(c3ccc(O)cc3)CC2)cc1. The Morgan fingerprint density at radius 2 is 1.23 bits per heavy atom. The van der Waals surface area contributed by atoms with Crippen LogP contribution < -0.4 is 14.7 Å². The number of carbonyl (C=O) groups is 1. The van der Waals surface area contributed by atoms with Crippen molar-refractivity contribution >= 4 is 23.1 Å². The molecule has 0 aromatic heterocycles. The molecule has 6 heteroatoms. The Morgan fingerprint density at radius 3 is 1.65 bits per heavy atom. The molecule has 0 bridgehead atoms. The fourth-order valence-corrected chi connectivity index (χ4v) is 3.18. The molecule has 1 heterocycles. The van der Waals surface area contributed by atoms with E-state index in [1.165, 1.54) is 5.69 Å². The molecule has 1 aliphatic heterocycles. The van der Waals surface area contributed by atoms with Gasteiger partial charge in [-0.2, -0.15) is 0 Å². The van der Waals surface area contributed by atoms with Gasteiger partial charge in [-0.25, -0.2) is 4.79 Å². The number of piperazine rings is 1. The summed E-state index contributed by atoms with van der Waals surface area (Å²) in [5.74, 6) is 0.296. The number of amides is 2. The standard InChI is InChI=1S/C20H26N4O2/c1-21(2)20(26)22(3)16-4-6-17(7-5-16)23-12-14-24(15-13-23)18-8-10-19(25)11-9-18/h4-11,25H,12-15H2,1-3H3. The maximum Gasteiger partial charge on any atom is 0.323 e. The Morgan fingerprint density at radius 1 is 0.808 bits per heavy atom. The number of benzene rings is 2. The van der Waals surface area contributed by atoms with E-state index in [1.807, 2.05) is 24.3 Å². The summed E-state index contributed by atoms with van der Waals surface area (Å²) in [6.45, 7) is 3.75. The Bertz CT molecular complexity index is 735. The molecule has 138 valence electrons. The van der Waals surface area contributed by atoms with E-state index < -0.39 is 0 Å². The lowest BCUT2D eigenvalue weighted by Gasteiger charge is -2.37. The third-order valence-electron chi connectivity index (χ3n) is 4.77. The van der Waals surface area contributed by atoms with E-state index in [2.05, 4.69) is 21.9 Å². The Hall–Kier alpha value is -2.89. The first kappa shape index (κ1) is 17.9. The molecule has 6 nitrogen and oxygen atoms in total. The van der Waals surface area contributed by atoms with Gasteiger partial charge in [0.05, 0.1) is 0 Å². The zero-order valence-electron chi connectivity index (χ0n) is 15.6. The predicted molar refractivity (Wildman–Crippen MR) is 106 cm³/mol. The summed E-state index contributed by atoms with van der Waals surface area (Å²) in [7, 11) is 5.29. The quantitative estimate of drug-likeness (QED) is 0.921. The normalized spacial score (nSPS) is 14.3. The Balaban J connectivity index is 1.61. The second-order valence-corrected chi connectivity index (χ2v) is 6.74. The highest BCUT2D eigenvalue weighted by Gasteiger charge is 2.18. The van der Waals surface area contributed by atoms with Crippen LogP contribution in [0.4, 0.5) is 21.9 Å². The fraction of sp³-hybridized carbons (Fsp3) is 0.350. The third kappa shape index (κ3) is 3.85. The zero-order valence-corrected chi connectivity index (χ0v) is 15.6. The van der Waals surface area contributed by atoms with E-state index >= 15 is 0 Å². The number of aromatic hydroxyl groups is 1. The highest BCUT2D eigenvalue weighted by molar-refractivity contribution is 5.91. The van der Waals surface area contributed by atoms with E-state index in [1.54, 1.807) is 43.1 Å². The molecular formula is C20H26N4O2. The third-order valence-corrected chi connectivity index (χ3v) is 4.77. The minimum absolute atomic E-state index is 0.0414. The zero-order chi connectivity index (χ0) is 18.7. The molecule has 0 unspecified atom stereocenters. The Kier molecular flexibility index (Phi) is 5.21. The number of hydrogen-bond donors (Lipinski definition) is 1. The number of rotatable bonds is 3. The van der Waals surface area contributed by atoms with Crippen LogP contribution >= 0.6 is 0 Å². The first-order valence-corrected chi connectivity index (χ1v) is 8.80. The number of hydrogen-bond acceptors (Lipinski definition) is 4. The molecule has 1 saturated heterocycles. The van der Waals surface area contributed by atoms with E-state index in [9.17, 15) is 9.90 Å². The topological polar surface area (TPSA) is 50.3 Å². The molecule has 1 aliphatic rings.